The zero-order chi connectivity index (χ0) is 12.5. The Morgan fingerprint density at radius 2 is 1.89 bits per heavy atom. The maximum absolute atomic E-state index is 6.04. The smallest absolute Gasteiger partial charge is 0.0608 e. The van der Waals surface area contributed by atoms with Gasteiger partial charge in [0.2, 0.25) is 0 Å². The highest BCUT2D eigenvalue weighted by molar-refractivity contribution is 4.96. The lowest BCUT2D eigenvalue weighted by Gasteiger charge is -2.40. The average Bonchev–Trinajstić information content (AvgIpc) is 2.88. The molecular formula is C15H27NO2. The van der Waals surface area contributed by atoms with Gasteiger partial charge in [0.25, 0.3) is 0 Å². The molecule has 0 saturated carbocycles. The summed E-state index contributed by atoms with van der Waals surface area (Å²) in [7, 11) is 0. The number of piperidine rings is 1. The lowest BCUT2D eigenvalue weighted by Crippen LogP contribution is -2.47. The SMILES string of the molecule is CC(C)O[C@@H]1C[C@H]2CC[C@@H](C1)N2CC1CCOC1. The van der Waals surface area contributed by atoms with E-state index in [1.54, 1.807) is 0 Å². The molecule has 0 aromatic carbocycles. The van der Waals surface area contributed by atoms with Crippen LogP contribution in [0.3, 0.4) is 0 Å². The van der Waals surface area contributed by atoms with Gasteiger partial charge in [0.15, 0.2) is 0 Å². The van der Waals surface area contributed by atoms with Crippen LogP contribution >= 0.6 is 0 Å². The summed E-state index contributed by atoms with van der Waals surface area (Å²) in [6, 6.07) is 1.57. The van der Waals surface area contributed by atoms with Crippen molar-refractivity contribution in [2.24, 2.45) is 5.92 Å². The molecule has 2 bridgehead atoms. The number of hydrogen-bond acceptors (Lipinski definition) is 3. The second-order valence-electron chi connectivity index (χ2n) is 6.59. The molecule has 3 saturated heterocycles. The summed E-state index contributed by atoms with van der Waals surface area (Å²) in [6.45, 7) is 7.55. The minimum absolute atomic E-state index is 0.379. The van der Waals surface area contributed by atoms with Crippen LogP contribution in [0.4, 0.5) is 0 Å². The molecule has 3 aliphatic rings. The molecule has 104 valence electrons. The molecule has 0 radical (unpaired) electrons. The molecule has 18 heavy (non-hydrogen) atoms. The molecule has 0 aromatic rings. The Hall–Kier alpha value is -0.120. The van der Waals surface area contributed by atoms with E-state index < -0.39 is 0 Å². The van der Waals surface area contributed by atoms with Gasteiger partial charge in [0.1, 0.15) is 0 Å². The fraction of sp³-hybridized carbons (Fsp3) is 1.00. The summed E-state index contributed by atoms with van der Waals surface area (Å²) in [4.78, 5) is 2.78. The molecule has 0 N–H and O–H groups in total. The Morgan fingerprint density at radius 3 is 2.44 bits per heavy atom. The van der Waals surface area contributed by atoms with Gasteiger partial charge in [0, 0.05) is 25.2 Å². The Kier molecular flexibility index (Phi) is 3.92. The third-order valence-corrected chi connectivity index (χ3v) is 4.80. The quantitative estimate of drug-likeness (QED) is 0.768. The van der Waals surface area contributed by atoms with Crippen molar-refractivity contribution in [3.05, 3.63) is 0 Å². The Bertz CT molecular complexity index is 262. The summed E-state index contributed by atoms with van der Waals surface area (Å²) < 4.78 is 11.6. The van der Waals surface area contributed by atoms with Gasteiger partial charge in [-0.3, -0.25) is 4.90 Å². The number of rotatable bonds is 4. The second kappa shape index (κ2) is 5.48. The van der Waals surface area contributed by atoms with Crippen LogP contribution in [0, 0.1) is 5.92 Å². The van der Waals surface area contributed by atoms with E-state index in [1.165, 1.54) is 38.6 Å². The van der Waals surface area contributed by atoms with Crippen LogP contribution in [0.5, 0.6) is 0 Å². The van der Waals surface area contributed by atoms with Crippen molar-refractivity contribution in [1.29, 1.82) is 0 Å². The summed E-state index contributed by atoms with van der Waals surface area (Å²) >= 11 is 0. The van der Waals surface area contributed by atoms with Crippen LogP contribution in [0.2, 0.25) is 0 Å². The van der Waals surface area contributed by atoms with Crippen molar-refractivity contribution < 1.29 is 9.47 Å². The predicted octanol–water partition coefficient (Wildman–Crippen LogP) is 2.44. The third-order valence-electron chi connectivity index (χ3n) is 4.80. The average molecular weight is 253 g/mol. The first-order chi connectivity index (χ1) is 8.72. The van der Waals surface area contributed by atoms with E-state index in [1.807, 2.05) is 0 Å². The third kappa shape index (κ3) is 2.73. The van der Waals surface area contributed by atoms with Crippen molar-refractivity contribution in [3.63, 3.8) is 0 Å². The van der Waals surface area contributed by atoms with Crippen LogP contribution in [-0.4, -0.2) is 49.0 Å². The van der Waals surface area contributed by atoms with E-state index in [0.717, 1.165) is 31.2 Å². The van der Waals surface area contributed by atoms with Crippen LogP contribution in [0.25, 0.3) is 0 Å². The minimum Gasteiger partial charge on any atom is -0.381 e. The zero-order valence-corrected chi connectivity index (χ0v) is 11.8. The summed E-state index contributed by atoms with van der Waals surface area (Å²) in [5.74, 6) is 0.788. The molecular weight excluding hydrogens is 226 g/mol. The van der Waals surface area contributed by atoms with Gasteiger partial charge < -0.3 is 9.47 Å². The Morgan fingerprint density at radius 1 is 1.17 bits per heavy atom. The minimum atomic E-state index is 0.379. The Balaban J connectivity index is 1.55. The van der Waals surface area contributed by atoms with E-state index in [0.29, 0.717) is 12.2 Å². The fourth-order valence-corrected chi connectivity index (χ4v) is 4.04. The van der Waals surface area contributed by atoms with Crippen LogP contribution in [-0.2, 0) is 9.47 Å². The van der Waals surface area contributed by atoms with Crippen LogP contribution in [0.15, 0.2) is 0 Å². The number of ether oxygens (including phenoxy) is 2. The van der Waals surface area contributed by atoms with E-state index in [9.17, 15) is 0 Å². The van der Waals surface area contributed by atoms with Crippen LogP contribution in [0.1, 0.15) is 46.0 Å². The first kappa shape index (κ1) is 12.9. The summed E-state index contributed by atoms with van der Waals surface area (Å²) in [5.41, 5.74) is 0. The van der Waals surface area contributed by atoms with Gasteiger partial charge in [-0.25, -0.2) is 0 Å². The molecule has 0 aliphatic carbocycles. The number of fused-ring (bicyclic) bond motifs is 2. The molecule has 1 unspecified atom stereocenters. The molecule has 3 nitrogen and oxygen atoms in total. The normalized spacial score (nSPS) is 40.8. The summed E-state index contributed by atoms with van der Waals surface area (Å²) in [5, 5.41) is 0. The predicted molar refractivity (Wildman–Crippen MR) is 71.7 cm³/mol. The lowest BCUT2D eigenvalue weighted by molar-refractivity contribution is -0.0507. The molecule has 4 atom stereocenters. The lowest BCUT2D eigenvalue weighted by atomic mass is 9.97. The molecule has 3 rings (SSSR count). The topological polar surface area (TPSA) is 21.7 Å². The van der Waals surface area contributed by atoms with Gasteiger partial charge in [-0.05, 0) is 51.9 Å². The molecule has 0 spiro atoms. The van der Waals surface area contributed by atoms with Crippen molar-refractivity contribution in [1.82, 2.24) is 4.90 Å². The second-order valence-corrected chi connectivity index (χ2v) is 6.59. The highest BCUT2D eigenvalue weighted by Gasteiger charge is 2.42. The monoisotopic (exact) mass is 253 g/mol. The molecule has 3 aliphatic heterocycles. The molecule has 3 heterocycles. The van der Waals surface area contributed by atoms with Crippen molar-refractivity contribution in [2.75, 3.05) is 19.8 Å². The van der Waals surface area contributed by atoms with Crippen molar-refractivity contribution in [3.8, 4) is 0 Å². The molecule has 3 fully saturated rings. The Labute approximate surface area is 111 Å². The van der Waals surface area contributed by atoms with E-state index in [4.69, 9.17) is 9.47 Å². The van der Waals surface area contributed by atoms with Crippen LogP contribution < -0.4 is 0 Å². The first-order valence-corrected chi connectivity index (χ1v) is 7.71. The maximum atomic E-state index is 6.04. The van der Waals surface area contributed by atoms with Crippen molar-refractivity contribution in [2.45, 2.75) is 70.2 Å². The van der Waals surface area contributed by atoms with Gasteiger partial charge in [-0.15, -0.1) is 0 Å². The van der Waals surface area contributed by atoms with Gasteiger partial charge >= 0.3 is 0 Å². The largest absolute Gasteiger partial charge is 0.381 e. The van der Waals surface area contributed by atoms with Gasteiger partial charge in [-0.2, -0.15) is 0 Å². The zero-order valence-electron chi connectivity index (χ0n) is 11.8. The number of nitrogens with zero attached hydrogens (tertiary/aromatic N) is 1. The first-order valence-electron chi connectivity index (χ1n) is 7.71. The highest BCUT2D eigenvalue weighted by atomic mass is 16.5. The maximum Gasteiger partial charge on any atom is 0.0608 e. The van der Waals surface area contributed by atoms with Gasteiger partial charge in [-0.1, -0.05) is 0 Å². The summed E-state index contributed by atoms with van der Waals surface area (Å²) in [6.07, 6.45) is 7.43. The van der Waals surface area contributed by atoms with E-state index >= 15 is 0 Å². The van der Waals surface area contributed by atoms with Gasteiger partial charge in [0.05, 0.1) is 18.8 Å². The van der Waals surface area contributed by atoms with E-state index in [2.05, 4.69) is 18.7 Å². The molecule has 0 amide bonds. The van der Waals surface area contributed by atoms with Crippen molar-refractivity contribution >= 4 is 0 Å². The highest BCUT2D eigenvalue weighted by Crippen LogP contribution is 2.38. The molecule has 3 heteroatoms. The number of hydrogen-bond donors (Lipinski definition) is 0. The standard InChI is InChI=1S/C15H27NO2/c1-11(2)18-15-7-13-3-4-14(8-15)16(13)9-12-5-6-17-10-12/h11-15H,3-10H2,1-2H3/t12?,13-,14+,15-. The van der Waals surface area contributed by atoms with E-state index in [-0.39, 0.29) is 0 Å². The molecule has 0 aromatic heterocycles. The fourth-order valence-electron chi connectivity index (χ4n) is 4.04.